The highest BCUT2D eigenvalue weighted by Gasteiger charge is 2.14. The van der Waals surface area contributed by atoms with Gasteiger partial charge in [0.1, 0.15) is 12.4 Å². The fourth-order valence-electron chi connectivity index (χ4n) is 3.41. The molecule has 0 fully saturated rings. The molecule has 0 spiro atoms. The highest BCUT2D eigenvalue weighted by Crippen LogP contribution is 2.21. The van der Waals surface area contributed by atoms with E-state index in [1.54, 1.807) is 6.92 Å². The van der Waals surface area contributed by atoms with E-state index in [0.29, 0.717) is 12.2 Å². The van der Waals surface area contributed by atoms with Crippen LogP contribution in [0.4, 0.5) is 5.69 Å². The molecule has 4 aromatic rings. The fourth-order valence-corrected chi connectivity index (χ4v) is 3.41. The van der Waals surface area contributed by atoms with E-state index in [1.165, 1.54) is 35.2 Å². The summed E-state index contributed by atoms with van der Waals surface area (Å²) in [6.07, 6.45) is 1.50. The number of ether oxygens (including phenoxy) is 1. The van der Waals surface area contributed by atoms with E-state index in [-0.39, 0.29) is 11.3 Å². The van der Waals surface area contributed by atoms with Gasteiger partial charge in [-0.15, -0.1) is 0 Å². The van der Waals surface area contributed by atoms with Gasteiger partial charge in [0.25, 0.3) is 11.6 Å². The van der Waals surface area contributed by atoms with Crippen LogP contribution in [-0.2, 0) is 6.61 Å². The van der Waals surface area contributed by atoms with Gasteiger partial charge in [-0.3, -0.25) is 14.9 Å². The van der Waals surface area contributed by atoms with Gasteiger partial charge in [-0.05, 0) is 59.2 Å². The van der Waals surface area contributed by atoms with Crippen molar-refractivity contribution in [2.75, 3.05) is 0 Å². The lowest BCUT2D eigenvalue weighted by atomic mass is 10.1. The summed E-state index contributed by atoms with van der Waals surface area (Å²) < 4.78 is 5.93. The number of hydrogen-bond donors (Lipinski definition) is 1. The van der Waals surface area contributed by atoms with E-state index in [9.17, 15) is 14.9 Å². The van der Waals surface area contributed by atoms with Gasteiger partial charge in [-0.25, -0.2) is 5.43 Å². The Labute approximate surface area is 190 Å². The first-order valence-corrected chi connectivity index (χ1v) is 10.3. The van der Waals surface area contributed by atoms with Crippen LogP contribution in [0.15, 0.2) is 90.0 Å². The molecule has 0 aliphatic rings. The molecule has 0 aliphatic carbocycles. The zero-order valence-corrected chi connectivity index (χ0v) is 17.9. The Morgan fingerprint density at radius 2 is 1.79 bits per heavy atom. The van der Waals surface area contributed by atoms with Crippen molar-refractivity contribution in [3.63, 3.8) is 0 Å². The maximum Gasteiger partial charge on any atom is 0.273 e. The average molecular weight is 439 g/mol. The highest BCUT2D eigenvalue weighted by atomic mass is 16.6. The summed E-state index contributed by atoms with van der Waals surface area (Å²) in [5, 5.41) is 17.3. The first-order chi connectivity index (χ1) is 16.0. The van der Waals surface area contributed by atoms with Crippen LogP contribution in [-0.4, -0.2) is 17.0 Å². The molecular formula is C26H21N3O4. The molecule has 1 amide bonds. The van der Waals surface area contributed by atoms with Gasteiger partial charge in [-0.2, -0.15) is 5.10 Å². The summed E-state index contributed by atoms with van der Waals surface area (Å²) in [4.78, 5) is 22.7. The quantitative estimate of drug-likeness (QED) is 0.237. The summed E-state index contributed by atoms with van der Waals surface area (Å²) >= 11 is 0. The van der Waals surface area contributed by atoms with Crippen LogP contribution in [0, 0.1) is 17.0 Å². The lowest BCUT2D eigenvalue weighted by Crippen LogP contribution is -2.17. The summed E-state index contributed by atoms with van der Waals surface area (Å²) in [5.41, 5.74) is 4.81. The van der Waals surface area contributed by atoms with Gasteiger partial charge >= 0.3 is 0 Å². The van der Waals surface area contributed by atoms with Crippen LogP contribution in [0.5, 0.6) is 5.75 Å². The minimum atomic E-state index is -0.524. The van der Waals surface area contributed by atoms with Crippen LogP contribution in [0.25, 0.3) is 10.8 Å². The van der Waals surface area contributed by atoms with E-state index in [0.717, 1.165) is 16.9 Å². The molecule has 0 heterocycles. The van der Waals surface area contributed by atoms with Crippen molar-refractivity contribution in [2.45, 2.75) is 13.5 Å². The number of hydrogen-bond acceptors (Lipinski definition) is 5. The predicted octanol–water partition coefficient (Wildman–Crippen LogP) is 5.40. The summed E-state index contributed by atoms with van der Waals surface area (Å²) in [6, 6.07) is 25.9. The number of amides is 1. The molecule has 0 bridgehead atoms. The standard InChI is InChI=1S/C26H21N3O4/c1-18-9-12-21(15-25(18)29(31)32)26(30)28-27-16-19-10-13-23(14-11-19)33-17-22-7-4-6-20-5-2-3-8-24(20)22/h2-16H,17H2,1H3,(H,28,30)/b27-16-. The predicted molar refractivity (Wildman–Crippen MR) is 128 cm³/mol. The Morgan fingerprint density at radius 3 is 2.58 bits per heavy atom. The first kappa shape index (κ1) is 21.7. The summed E-state index contributed by atoms with van der Waals surface area (Å²) in [7, 11) is 0. The third-order valence-corrected chi connectivity index (χ3v) is 5.20. The zero-order chi connectivity index (χ0) is 23.2. The molecular weight excluding hydrogens is 418 g/mol. The van der Waals surface area contributed by atoms with Crippen molar-refractivity contribution in [3.8, 4) is 5.75 Å². The van der Waals surface area contributed by atoms with Crippen molar-refractivity contribution >= 4 is 28.6 Å². The largest absolute Gasteiger partial charge is 0.489 e. The molecule has 0 saturated heterocycles. The normalized spacial score (nSPS) is 10.9. The molecule has 0 saturated carbocycles. The summed E-state index contributed by atoms with van der Waals surface area (Å²) in [5.74, 6) is 0.195. The Hall–Kier alpha value is -4.52. The minimum absolute atomic E-state index is 0.106. The van der Waals surface area contributed by atoms with Gasteiger partial charge < -0.3 is 4.74 Å². The molecule has 7 nitrogen and oxygen atoms in total. The number of aryl methyl sites for hydroxylation is 1. The van der Waals surface area contributed by atoms with Gasteiger partial charge in [-0.1, -0.05) is 48.5 Å². The Kier molecular flexibility index (Phi) is 6.40. The lowest BCUT2D eigenvalue weighted by Gasteiger charge is -2.09. The van der Waals surface area contributed by atoms with Crippen LogP contribution < -0.4 is 10.2 Å². The maximum absolute atomic E-state index is 12.2. The molecule has 0 atom stereocenters. The highest BCUT2D eigenvalue weighted by molar-refractivity contribution is 5.95. The van der Waals surface area contributed by atoms with Gasteiger partial charge in [0.2, 0.25) is 0 Å². The minimum Gasteiger partial charge on any atom is -0.489 e. The van der Waals surface area contributed by atoms with Crippen LogP contribution >= 0.6 is 0 Å². The van der Waals surface area contributed by atoms with Crippen molar-refractivity contribution in [2.24, 2.45) is 5.10 Å². The third-order valence-electron chi connectivity index (χ3n) is 5.20. The first-order valence-electron chi connectivity index (χ1n) is 10.3. The molecule has 1 N–H and O–H groups in total. The Bertz CT molecular complexity index is 1340. The maximum atomic E-state index is 12.2. The number of rotatable bonds is 7. The van der Waals surface area contributed by atoms with Crippen molar-refractivity contribution < 1.29 is 14.5 Å². The molecule has 7 heteroatoms. The van der Waals surface area contributed by atoms with E-state index >= 15 is 0 Å². The third kappa shape index (κ3) is 5.22. The number of nitro groups is 1. The zero-order valence-electron chi connectivity index (χ0n) is 17.9. The molecule has 0 aromatic heterocycles. The van der Waals surface area contributed by atoms with E-state index in [2.05, 4.69) is 34.8 Å². The van der Waals surface area contributed by atoms with Crippen LogP contribution in [0.3, 0.4) is 0 Å². The second kappa shape index (κ2) is 9.74. The van der Waals surface area contributed by atoms with E-state index in [1.807, 2.05) is 42.5 Å². The van der Waals surface area contributed by atoms with Crippen molar-refractivity contribution in [1.82, 2.24) is 5.43 Å². The van der Waals surface area contributed by atoms with Crippen LogP contribution in [0.1, 0.15) is 27.0 Å². The topological polar surface area (TPSA) is 93.8 Å². The van der Waals surface area contributed by atoms with Crippen molar-refractivity contribution in [3.05, 3.63) is 117 Å². The van der Waals surface area contributed by atoms with E-state index in [4.69, 9.17) is 4.74 Å². The average Bonchev–Trinajstić information content (AvgIpc) is 2.83. The Morgan fingerprint density at radius 1 is 1.03 bits per heavy atom. The molecule has 4 rings (SSSR count). The number of carbonyl (C=O) groups is 1. The molecule has 0 unspecified atom stereocenters. The molecule has 33 heavy (non-hydrogen) atoms. The lowest BCUT2D eigenvalue weighted by molar-refractivity contribution is -0.385. The number of nitrogens with one attached hydrogen (secondary N) is 1. The molecule has 164 valence electrons. The number of fused-ring (bicyclic) bond motifs is 1. The van der Waals surface area contributed by atoms with E-state index < -0.39 is 10.8 Å². The molecule has 0 aliphatic heterocycles. The molecule has 4 aromatic carbocycles. The fraction of sp³-hybridized carbons (Fsp3) is 0.0769. The number of nitrogens with zero attached hydrogens (tertiary/aromatic N) is 2. The summed E-state index contributed by atoms with van der Waals surface area (Å²) in [6.45, 7) is 2.07. The van der Waals surface area contributed by atoms with Crippen molar-refractivity contribution in [1.29, 1.82) is 0 Å². The number of hydrazone groups is 1. The van der Waals surface area contributed by atoms with Gasteiger partial charge in [0.15, 0.2) is 0 Å². The number of carbonyl (C=O) groups excluding carboxylic acids is 1. The van der Waals surface area contributed by atoms with Crippen LogP contribution in [0.2, 0.25) is 0 Å². The molecule has 0 radical (unpaired) electrons. The SMILES string of the molecule is Cc1ccc(C(=O)N/N=C\c2ccc(OCc3cccc4ccccc34)cc2)cc1[N+](=O)[O-]. The van der Waals surface area contributed by atoms with Gasteiger partial charge in [0.05, 0.1) is 11.1 Å². The smallest absolute Gasteiger partial charge is 0.273 e. The second-order valence-electron chi connectivity index (χ2n) is 7.45. The number of nitro benzene ring substituents is 1. The van der Waals surface area contributed by atoms with Gasteiger partial charge in [0, 0.05) is 17.2 Å². The monoisotopic (exact) mass is 439 g/mol. The Balaban J connectivity index is 1.35. The number of benzene rings is 4. The second-order valence-corrected chi connectivity index (χ2v) is 7.45.